The number of nitrogens with zero attached hydrogens (tertiary/aromatic N) is 5. The van der Waals surface area contributed by atoms with Crippen molar-refractivity contribution in [1.82, 2.24) is 46.4 Å². The summed E-state index contributed by atoms with van der Waals surface area (Å²) in [7, 11) is 0. The summed E-state index contributed by atoms with van der Waals surface area (Å²) in [6, 6.07) is 12.5. The highest BCUT2D eigenvalue weighted by atomic mass is 19.1. The molecule has 0 fully saturated rings. The lowest BCUT2D eigenvalue weighted by Gasteiger charge is -2.06. The van der Waals surface area contributed by atoms with Crippen molar-refractivity contribution in [2.75, 3.05) is 6.54 Å². The van der Waals surface area contributed by atoms with Crippen molar-refractivity contribution in [3.05, 3.63) is 65.7 Å². The zero-order valence-corrected chi connectivity index (χ0v) is 16.7. The molecule has 12 heteroatoms. The fraction of sp³-hybridized carbons (Fsp3) is 0.150. The van der Waals surface area contributed by atoms with Gasteiger partial charge in [-0.1, -0.05) is 12.1 Å². The molecule has 4 rings (SSSR count). The van der Waals surface area contributed by atoms with Crippen LogP contribution in [0.3, 0.4) is 0 Å². The van der Waals surface area contributed by atoms with Crippen molar-refractivity contribution in [3.63, 3.8) is 0 Å². The molecule has 2 aromatic heterocycles. The maximum Gasteiger partial charge on any atom is 0.251 e. The van der Waals surface area contributed by atoms with Gasteiger partial charge in [0.05, 0.1) is 6.54 Å². The molecule has 2 heterocycles. The summed E-state index contributed by atoms with van der Waals surface area (Å²) in [4.78, 5) is 28.5. The lowest BCUT2D eigenvalue weighted by molar-refractivity contribution is -0.121. The molecule has 0 saturated heterocycles. The lowest BCUT2D eigenvalue weighted by Crippen LogP contribution is -2.30. The van der Waals surface area contributed by atoms with E-state index in [0.717, 1.165) is 5.56 Å². The van der Waals surface area contributed by atoms with E-state index in [-0.39, 0.29) is 37.1 Å². The van der Waals surface area contributed by atoms with Crippen LogP contribution in [0, 0.1) is 5.82 Å². The first kappa shape index (κ1) is 20.8. The Balaban J connectivity index is 1.20. The Morgan fingerprint density at radius 2 is 1.62 bits per heavy atom. The molecule has 162 valence electrons. The van der Waals surface area contributed by atoms with Gasteiger partial charge in [-0.2, -0.15) is 10.3 Å². The molecule has 0 radical (unpaired) electrons. The van der Waals surface area contributed by atoms with Crippen molar-refractivity contribution in [1.29, 1.82) is 0 Å². The minimum atomic E-state index is -0.343. The Labute approximate surface area is 180 Å². The van der Waals surface area contributed by atoms with Gasteiger partial charge in [-0.15, -0.1) is 10.2 Å². The molecular weight excluding hydrogens is 417 g/mol. The van der Waals surface area contributed by atoms with Crippen LogP contribution in [-0.4, -0.2) is 54.2 Å². The summed E-state index contributed by atoms with van der Waals surface area (Å²) >= 11 is 0. The van der Waals surface area contributed by atoms with E-state index in [2.05, 4.69) is 46.4 Å². The Kier molecular flexibility index (Phi) is 6.20. The van der Waals surface area contributed by atoms with Crippen molar-refractivity contribution >= 4 is 11.8 Å². The lowest BCUT2D eigenvalue weighted by atomic mass is 10.1. The minimum absolute atomic E-state index is 0.103. The molecule has 0 aliphatic heterocycles. The minimum Gasteiger partial charge on any atom is -0.352 e. The molecule has 0 saturated carbocycles. The Hall–Kier alpha value is -4.48. The van der Waals surface area contributed by atoms with Gasteiger partial charge in [-0.3, -0.25) is 14.7 Å². The average molecular weight is 435 g/mol. The maximum absolute atomic E-state index is 13.0. The van der Waals surface area contributed by atoms with Crippen LogP contribution in [0.5, 0.6) is 0 Å². The molecule has 0 aliphatic rings. The van der Waals surface area contributed by atoms with Crippen LogP contribution >= 0.6 is 0 Å². The van der Waals surface area contributed by atoms with Crippen LogP contribution < -0.4 is 10.6 Å². The topological polar surface area (TPSA) is 154 Å². The number of benzene rings is 2. The molecule has 0 unspecified atom stereocenters. The van der Waals surface area contributed by atoms with Crippen LogP contribution in [0.2, 0.25) is 0 Å². The highest BCUT2D eigenvalue weighted by molar-refractivity contribution is 5.94. The molecule has 4 aromatic rings. The highest BCUT2D eigenvalue weighted by Gasteiger charge is 2.10. The van der Waals surface area contributed by atoms with Crippen LogP contribution in [0.1, 0.15) is 22.6 Å². The Bertz CT molecular complexity index is 1190. The van der Waals surface area contributed by atoms with Crippen LogP contribution in [0.15, 0.2) is 48.5 Å². The number of aromatic amines is 2. The van der Waals surface area contributed by atoms with E-state index in [4.69, 9.17) is 0 Å². The van der Waals surface area contributed by atoms with Crippen LogP contribution in [0.4, 0.5) is 4.39 Å². The zero-order valence-electron chi connectivity index (χ0n) is 16.7. The summed E-state index contributed by atoms with van der Waals surface area (Å²) in [6.45, 7) is 0.326. The fourth-order valence-electron chi connectivity index (χ4n) is 2.82. The first-order valence-corrected chi connectivity index (χ1v) is 9.64. The SMILES string of the molecule is O=C(CCNC(=O)c1ccc(-c2nn[nH]n2)cc1)NCc1nc(-c2ccc(F)cc2)n[nH]1. The average Bonchev–Trinajstić information content (AvgIpc) is 3.51. The number of hydrogen-bond donors (Lipinski definition) is 4. The van der Waals surface area contributed by atoms with Crippen molar-refractivity contribution < 1.29 is 14.0 Å². The number of hydrogen-bond acceptors (Lipinski definition) is 7. The Morgan fingerprint density at radius 3 is 2.34 bits per heavy atom. The van der Waals surface area contributed by atoms with Gasteiger partial charge < -0.3 is 10.6 Å². The standard InChI is InChI=1S/C20H18FN9O2/c21-15-7-5-12(6-8-15)18-24-16(25-26-18)11-23-17(31)9-10-22-20(32)14-3-1-13(2-4-14)19-27-29-30-28-19/h1-8H,9-11H2,(H,22,32)(H,23,31)(H,24,25,26)(H,27,28,29,30). The number of aromatic nitrogens is 7. The number of carbonyl (C=O) groups excluding carboxylic acids is 2. The summed E-state index contributed by atoms with van der Waals surface area (Å²) < 4.78 is 13.0. The zero-order chi connectivity index (χ0) is 22.3. The normalized spacial score (nSPS) is 10.7. The van der Waals surface area contributed by atoms with Crippen molar-refractivity contribution in [2.45, 2.75) is 13.0 Å². The quantitative estimate of drug-likeness (QED) is 0.324. The largest absolute Gasteiger partial charge is 0.352 e. The van der Waals surface area contributed by atoms with E-state index < -0.39 is 0 Å². The number of H-pyrrole nitrogens is 2. The summed E-state index contributed by atoms with van der Waals surface area (Å²) in [5, 5.41) is 25.8. The second-order valence-corrected chi connectivity index (χ2v) is 6.71. The molecule has 4 N–H and O–H groups in total. The molecule has 11 nitrogen and oxygen atoms in total. The van der Waals surface area contributed by atoms with Crippen LogP contribution in [0.25, 0.3) is 22.8 Å². The van der Waals surface area contributed by atoms with E-state index in [9.17, 15) is 14.0 Å². The van der Waals surface area contributed by atoms with Gasteiger partial charge in [0.2, 0.25) is 11.7 Å². The van der Waals surface area contributed by atoms with Gasteiger partial charge in [-0.25, -0.2) is 9.37 Å². The third-order valence-corrected chi connectivity index (χ3v) is 4.48. The molecule has 2 aromatic carbocycles. The molecule has 0 atom stereocenters. The third-order valence-electron chi connectivity index (χ3n) is 4.48. The molecule has 2 amide bonds. The summed E-state index contributed by atoms with van der Waals surface area (Å²) in [5.74, 6) is 0.416. The highest BCUT2D eigenvalue weighted by Crippen LogP contribution is 2.15. The molecule has 0 bridgehead atoms. The molecule has 32 heavy (non-hydrogen) atoms. The second-order valence-electron chi connectivity index (χ2n) is 6.71. The number of amides is 2. The smallest absolute Gasteiger partial charge is 0.251 e. The number of carbonyl (C=O) groups is 2. The van der Waals surface area contributed by atoms with Gasteiger partial charge in [0.15, 0.2) is 5.82 Å². The predicted molar refractivity (Wildman–Crippen MR) is 110 cm³/mol. The van der Waals surface area contributed by atoms with E-state index in [1.807, 2.05) is 0 Å². The number of halogens is 1. The Morgan fingerprint density at radius 1 is 0.906 bits per heavy atom. The van der Waals surface area contributed by atoms with Gasteiger partial charge in [0.25, 0.3) is 5.91 Å². The summed E-state index contributed by atoms with van der Waals surface area (Å²) in [5.41, 5.74) is 1.84. The second kappa shape index (κ2) is 9.55. The van der Waals surface area contributed by atoms with Gasteiger partial charge in [-0.05, 0) is 41.6 Å². The van der Waals surface area contributed by atoms with E-state index in [1.54, 1.807) is 36.4 Å². The molecule has 0 spiro atoms. The number of nitrogens with one attached hydrogen (secondary N) is 4. The number of tetrazole rings is 1. The van der Waals surface area contributed by atoms with Gasteiger partial charge in [0, 0.05) is 29.7 Å². The third kappa shape index (κ3) is 5.16. The molecule has 0 aliphatic carbocycles. The van der Waals surface area contributed by atoms with Crippen LogP contribution in [-0.2, 0) is 11.3 Å². The van der Waals surface area contributed by atoms with Gasteiger partial charge in [0.1, 0.15) is 11.6 Å². The molecular formula is C20H18FN9O2. The first-order chi connectivity index (χ1) is 15.6. The fourth-order valence-corrected chi connectivity index (χ4v) is 2.82. The maximum atomic E-state index is 13.0. The van der Waals surface area contributed by atoms with E-state index >= 15 is 0 Å². The monoisotopic (exact) mass is 435 g/mol. The van der Waals surface area contributed by atoms with Crippen molar-refractivity contribution in [3.8, 4) is 22.8 Å². The first-order valence-electron chi connectivity index (χ1n) is 9.64. The predicted octanol–water partition coefficient (Wildman–Crippen LogP) is 1.23. The van der Waals surface area contributed by atoms with E-state index in [0.29, 0.717) is 28.6 Å². The van der Waals surface area contributed by atoms with Crippen molar-refractivity contribution in [2.24, 2.45) is 0 Å². The summed E-state index contributed by atoms with van der Waals surface area (Å²) in [6.07, 6.45) is 0.103. The number of rotatable bonds is 8. The van der Waals surface area contributed by atoms with Gasteiger partial charge >= 0.3 is 0 Å². The van der Waals surface area contributed by atoms with E-state index in [1.165, 1.54) is 12.1 Å².